The molecule has 0 aromatic heterocycles. The molecule has 11 heavy (non-hydrogen) atoms. The summed E-state index contributed by atoms with van der Waals surface area (Å²) in [5.41, 5.74) is 0. The Hall–Kier alpha value is 0.390. The molecular formula is C9H20NP. The normalized spacial score (nSPS) is 26.5. The number of rotatable bonds is 3. The lowest BCUT2D eigenvalue weighted by atomic mass is 10.2. The molecule has 0 aliphatic carbocycles. The fraction of sp³-hybridized carbons (Fsp3) is 1.00. The first-order chi connectivity index (χ1) is 5.23. The molecule has 0 radical (unpaired) electrons. The summed E-state index contributed by atoms with van der Waals surface area (Å²) in [6.07, 6.45) is 4.14. The molecule has 0 saturated carbocycles. The Morgan fingerprint density at radius 1 is 1.36 bits per heavy atom. The van der Waals surface area contributed by atoms with Gasteiger partial charge in [-0.25, -0.2) is 0 Å². The predicted octanol–water partition coefficient (Wildman–Crippen LogP) is 2.52. The van der Waals surface area contributed by atoms with E-state index in [9.17, 15) is 0 Å². The van der Waals surface area contributed by atoms with Crippen LogP contribution >= 0.6 is 8.58 Å². The molecule has 1 saturated heterocycles. The van der Waals surface area contributed by atoms with Crippen LogP contribution in [0.4, 0.5) is 0 Å². The summed E-state index contributed by atoms with van der Waals surface area (Å²) in [6, 6.07) is 0. The third-order valence-electron chi connectivity index (χ3n) is 3.03. The molecule has 1 nitrogen and oxygen atoms in total. The quantitative estimate of drug-likeness (QED) is 0.593. The van der Waals surface area contributed by atoms with Crippen molar-refractivity contribution in [3.05, 3.63) is 0 Å². The van der Waals surface area contributed by atoms with Crippen LogP contribution in [0.2, 0.25) is 0 Å². The van der Waals surface area contributed by atoms with Gasteiger partial charge in [0.1, 0.15) is 0 Å². The van der Waals surface area contributed by atoms with Crippen LogP contribution in [0.15, 0.2) is 0 Å². The van der Waals surface area contributed by atoms with Crippen LogP contribution in [0, 0.1) is 0 Å². The molecule has 0 aromatic rings. The number of hydrogen-bond donors (Lipinski definition) is 0. The molecule has 0 aromatic carbocycles. The van der Waals surface area contributed by atoms with E-state index in [1.807, 2.05) is 0 Å². The second kappa shape index (κ2) is 3.87. The first-order valence-electron chi connectivity index (χ1n) is 4.67. The Morgan fingerprint density at radius 2 is 1.91 bits per heavy atom. The average Bonchev–Trinajstić information content (AvgIpc) is 2.55. The van der Waals surface area contributed by atoms with Crippen LogP contribution in [-0.2, 0) is 0 Å². The topological polar surface area (TPSA) is 3.24 Å². The summed E-state index contributed by atoms with van der Waals surface area (Å²) in [4.78, 5) is 2.67. The Labute approximate surface area is 72.3 Å². The van der Waals surface area contributed by atoms with Crippen LogP contribution in [0.1, 0.15) is 33.1 Å². The lowest BCUT2D eigenvalue weighted by Crippen LogP contribution is -2.39. The SMILES string of the molecule is CCC(C)(PC)N1CCCC1. The van der Waals surface area contributed by atoms with E-state index < -0.39 is 0 Å². The van der Waals surface area contributed by atoms with Gasteiger partial charge in [-0.05, 0) is 45.9 Å². The van der Waals surface area contributed by atoms with Gasteiger partial charge in [-0.2, -0.15) is 0 Å². The van der Waals surface area contributed by atoms with Crippen LogP contribution in [0.25, 0.3) is 0 Å². The Kier molecular flexibility index (Phi) is 3.33. The zero-order valence-electron chi connectivity index (χ0n) is 7.98. The summed E-state index contributed by atoms with van der Waals surface area (Å²) in [5, 5.41) is 0.524. The molecule has 2 atom stereocenters. The van der Waals surface area contributed by atoms with Gasteiger partial charge in [-0.1, -0.05) is 6.92 Å². The first-order valence-corrected chi connectivity index (χ1v) is 6.17. The van der Waals surface area contributed by atoms with Crippen molar-refractivity contribution in [3.8, 4) is 0 Å². The van der Waals surface area contributed by atoms with Gasteiger partial charge in [0.25, 0.3) is 0 Å². The van der Waals surface area contributed by atoms with Crippen LogP contribution < -0.4 is 0 Å². The molecule has 0 spiro atoms. The van der Waals surface area contributed by atoms with Crippen LogP contribution in [-0.4, -0.2) is 29.9 Å². The van der Waals surface area contributed by atoms with E-state index in [0.29, 0.717) is 5.28 Å². The van der Waals surface area contributed by atoms with Crippen molar-refractivity contribution in [2.45, 2.75) is 38.4 Å². The van der Waals surface area contributed by atoms with Crippen LogP contribution in [0.3, 0.4) is 0 Å². The summed E-state index contributed by atoms with van der Waals surface area (Å²) in [7, 11) is 1.06. The van der Waals surface area contributed by atoms with Crippen molar-refractivity contribution < 1.29 is 0 Å². The summed E-state index contributed by atoms with van der Waals surface area (Å²) in [6.45, 7) is 9.74. The van der Waals surface area contributed by atoms with Gasteiger partial charge >= 0.3 is 0 Å². The van der Waals surface area contributed by atoms with Gasteiger partial charge in [-0.3, -0.25) is 4.90 Å². The van der Waals surface area contributed by atoms with E-state index in [4.69, 9.17) is 0 Å². The minimum atomic E-state index is 0.524. The molecule has 1 aliphatic rings. The minimum Gasteiger partial charge on any atom is -0.294 e. The van der Waals surface area contributed by atoms with E-state index in [-0.39, 0.29) is 0 Å². The zero-order chi connectivity index (χ0) is 8.32. The van der Waals surface area contributed by atoms with Crippen LogP contribution in [0.5, 0.6) is 0 Å². The molecule has 0 N–H and O–H groups in total. The maximum atomic E-state index is 2.67. The van der Waals surface area contributed by atoms with E-state index in [1.54, 1.807) is 0 Å². The molecule has 0 amide bonds. The highest BCUT2D eigenvalue weighted by atomic mass is 31.1. The summed E-state index contributed by atoms with van der Waals surface area (Å²) >= 11 is 0. The Balaban J connectivity index is 2.52. The lowest BCUT2D eigenvalue weighted by Gasteiger charge is -2.37. The van der Waals surface area contributed by atoms with Gasteiger partial charge in [0.2, 0.25) is 0 Å². The van der Waals surface area contributed by atoms with E-state index in [2.05, 4.69) is 25.4 Å². The second-order valence-electron chi connectivity index (χ2n) is 3.57. The van der Waals surface area contributed by atoms with Gasteiger partial charge in [0, 0.05) is 5.28 Å². The lowest BCUT2D eigenvalue weighted by molar-refractivity contribution is 0.218. The smallest absolute Gasteiger partial charge is 0.0345 e. The van der Waals surface area contributed by atoms with Gasteiger partial charge in [0.05, 0.1) is 0 Å². The molecular weight excluding hydrogens is 153 g/mol. The first kappa shape index (κ1) is 9.48. The van der Waals surface area contributed by atoms with Gasteiger partial charge in [-0.15, -0.1) is 8.58 Å². The highest BCUT2D eigenvalue weighted by molar-refractivity contribution is 7.38. The van der Waals surface area contributed by atoms with Crippen molar-refractivity contribution >= 4 is 8.58 Å². The number of nitrogens with zero attached hydrogens (tertiary/aromatic N) is 1. The standard InChI is InChI=1S/C9H20NP/c1-4-9(2,11-3)10-7-5-6-8-10/h11H,4-8H2,1-3H3. The molecule has 66 valence electrons. The maximum Gasteiger partial charge on any atom is 0.0345 e. The molecule has 1 aliphatic heterocycles. The van der Waals surface area contributed by atoms with Crippen molar-refractivity contribution in [1.82, 2.24) is 4.90 Å². The van der Waals surface area contributed by atoms with Crippen molar-refractivity contribution in [1.29, 1.82) is 0 Å². The molecule has 2 unspecified atom stereocenters. The number of likely N-dealkylation sites (tertiary alicyclic amines) is 1. The van der Waals surface area contributed by atoms with E-state index in [0.717, 1.165) is 8.58 Å². The molecule has 1 fully saturated rings. The van der Waals surface area contributed by atoms with E-state index in [1.165, 1.54) is 32.4 Å². The summed E-state index contributed by atoms with van der Waals surface area (Å²) < 4.78 is 0. The highest BCUT2D eigenvalue weighted by Crippen LogP contribution is 2.37. The monoisotopic (exact) mass is 173 g/mol. The molecule has 0 bridgehead atoms. The predicted molar refractivity (Wildman–Crippen MR) is 53.7 cm³/mol. The fourth-order valence-electron chi connectivity index (χ4n) is 1.77. The molecule has 1 rings (SSSR count). The zero-order valence-corrected chi connectivity index (χ0v) is 8.98. The van der Waals surface area contributed by atoms with Gasteiger partial charge in [0.15, 0.2) is 0 Å². The van der Waals surface area contributed by atoms with Crippen molar-refractivity contribution in [2.24, 2.45) is 0 Å². The molecule has 1 heterocycles. The average molecular weight is 173 g/mol. The maximum absolute atomic E-state index is 2.67. The third-order valence-corrected chi connectivity index (χ3v) is 4.78. The largest absolute Gasteiger partial charge is 0.294 e. The Bertz CT molecular complexity index is 115. The van der Waals surface area contributed by atoms with Crippen molar-refractivity contribution in [2.75, 3.05) is 19.8 Å². The third kappa shape index (κ3) is 1.95. The summed E-state index contributed by atoms with van der Waals surface area (Å²) in [5.74, 6) is 0. The number of hydrogen-bond acceptors (Lipinski definition) is 1. The Morgan fingerprint density at radius 3 is 2.27 bits per heavy atom. The fourth-order valence-corrected chi connectivity index (χ4v) is 2.66. The van der Waals surface area contributed by atoms with E-state index >= 15 is 0 Å². The minimum absolute atomic E-state index is 0.524. The second-order valence-corrected chi connectivity index (χ2v) is 5.15. The molecule has 2 heteroatoms. The van der Waals surface area contributed by atoms with Gasteiger partial charge < -0.3 is 0 Å². The highest BCUT2D eigenvalue weighted by Gasteiger charge is 2.29. The van der Waals surface area contributed by atoms with Crippen molar-refractivity contribution in [3.63, 3.8) is 0 Å².